The number of carbonyl (C=O) groups excluding carboxylic acids is 1. The third-order valence-corrected chi connectivity index (χ3v) is 4.58. The monoisotopic (exact) mass is 339 g/mol. The predicted molar refractivity (Wildman–Crippen MR) is 103 cm³/mol. The zero-order chi connectivity index (χ0) is 18.7. The highest BCUT2D eigenvalue weighted by atomic mass is 16.5. The maximum atomic E-state index is 12.5. The smallest absolute Gasteiger partial charge is 0.261 e. The fourth-order valence-corrected chi connectivity index (χ4v) is 3.12. The van der Waals surface area contributed by atoms with Crippen molar-refractivity contribution in [2.24, 2.45) is 0 Å². The van der Waals surface area contributed by atoms with E-state index in [4.69, 9.17) is 4.74 Å². The highest BCUT2D eigenvalue weighted by molar-refractivity contribution is 5.81. The Labute approximate surface area is 151 Å². The van der Waals surface area contributed by atoms with Crippen LogP contribution in [0.4, 0.5) is 0 Å². The van der Waals surface area contributed by atoms with E-state index in [0.717, 1.165) is 22.4 Å². The van der Waals surface area contributed by atoms with Crippen molar-refractivity contribution in [2.75, 3.05) is 0 Å². The van der Waals surface area contributed by atoms with Gasteiger partial charge in [-0.3, -0.25) is 4.79 Å². The number of aryl methyl sites for hydroxylation is 5. The summed E-state index contributed by atoms with van der Waals surface area (Å²) in [6.45, 7) is 14.1. The first-order chi connectivity index (χ1) is 11.7. The van der Waals surface area contributed by atoms with E-state index in [1.54, 1.807) is 6.92 Å². The Morgan fingerprint density at radius 1 is 0.840 bits per heavy atom. The van der Waals surface area contributed by atoms with Gasteiger partial charge in [-0.25, -0.2) is 0 Å². The van der Waals surface area contributed by atoms with Gasteiger partial charge in [-0.05, 0) is 94.0 Å². The Morgan fingerprint density at radius 3 is 2.00 bits per heavy atom. The van der Waals surface area contributed by atoms with Crippen LogP contribution in [0.1, 0.15) is 53.3 Å². The first kappa shape index (κ1) is 19.0. The molecule has 0 aliphatic rings. The van der Waals surface area contributed by atoms with Crippen molar-refractivity contribution in [1.29, 1.82) is 0 Å². The lowest BCUT2D eigenvalue weighted by molar-refractivity contribution is -0.127. The quantitative estimate of drug-likeness (QED) is 0.843. The number of amides is 1. The van der Waals surface area contributed by atoms with Crippen molar-refractivity contribution in [2.45, 2.75) is 60.6 Å². The van der Waals surface area contributed by atoms with Gasteiger partial charge in [0.2, 0.25) is 0 Å². The summed E-state index contributed by atoms with van der Waals surface area (Å²) in [7, 11) is 0. The Morgan fingerprint density at radius 2 is 1.40 bits per heavy atom. The van der Waals surface area contributed by atoms with Crippen LogP contribution in [0.3, 0.4) is 0 Å². The molecular weight excluding hydrogens is 310 g/mol. The highest BCUT2D eigenvalue weighted by Gasteiger charge is 2.19. The van der Waals surface area contributed by atoms with Crippen molar-refractivity contribution in [3.63, 3.8) is 0 Å². The lowest BCUT2D eigenvalue weighted by Gasteiger charge is -2.21. The number of ether oxygens (including phenoxy) is 1. The summed E-state index contributed by atoms with van der Waals surface area (Å²) >= 11 is 0. The minimum atomic E-state index is -0.546. The van der Waals surface area contributed by atoms with E-state index >= 15 is 0 Å². The third kappa shape index (κ3) is 4.85. The molecule has 3 heteroatoms. The molecule has 0 aliphatic carbocycles. The molecule has 0 unspecified atom stereocenters. The molecule has 0 radical (unpaired) electrons. The molecule has 0 aliphatic heterocycles. The van der Waals surface area contributed by atoms with Gasteiger partial charge < -0.3 is 10.1 Å². The maximum Gasteiger partial charge on any atom is 0.261 e. The zero-order valence-corrected chi connectivity index (χ0v) is 16.4. The van der Waals surface area contributed by atoms with E-state index in [1.807, 2.05) is 32.9 Å². The minimum absolute atomic E-state index is 0.0582. The molecule has 0 fully saturated rings. The van der Waals surface area contributed by atoms with Crippen molar-refractivity contribution in [1.82, 2.24) is 5.32 Å². The number of carbonyl (C=O) groups is 1. The fourth-order valence-electron chi connectivity index (χ4n) is 3.12. The summed E-state index contributed by atoms with van der Waals surface area (Å²) in [6.07, 6.45) is -0.546. The molecule has 134 valence electrons. The van der Waals surface area contributed by atoms with Crippen LogP contribution < -0.4 is 10.1 Å². The van der Waals surface area contributed by atoms with Gasteiger partial charge >= 0.3 is 0 Å². The van der Waals surface area contributed by atoms with E-state index < -0.39 is 6.10 Å². The van der Waals surface area contributed by atoms with E-state index in [9.17, 15) is 4.79 Å². The topological polar surface area (TPSA) is 38.3 Å². The largest absolute Gasteiger partial charge is 0.481 e. The average molecular weight is 339 g/mol. The molecule has 0 saturated heterocycles. The number of nitrogens with one attached hydrogen (secondary N) is 1. The van der Waals surface area contributed by atoms with Gasteiger partial charge in [-0.2, -0.15) is 0 Å². The molecule has 1 amide bonds. The van der Waals surface area contributed by atoms with Gasteiger partial charge in [0.15, 0.2) is 6.10 Å². The van der Waals surface area contributed by atoms with Crippen molar-refractivity contribution in [3.8, 4) is 5.75 Å². The van der Waals surface area contributed by atoms with Crippen LogP contribution in [-0.2, 0) is 4.79 Å². The average Bonchev–Trinajstić information content (AvgIpc) is 2.49. The second-order valence-electron chi connectivity index (χ2n) is 7.11. The van der Waals surface area contributed by atoms with Gasteiger partial charge in [0, 0.05) is 0 Å². The molecule has 25 heavy (non-hydrogen) atoms. The molecular formula is C22H29NO2. The third-order valence-electron chi connectivity index (χ3n) is 4.58. The Hall–Kier alpha value is -2.29. The van der Waals surface area contributed by atoms with E-state index in [2.05, 4.69) is 44.3 Å². The summed E-state index contributed by atoms with van der Waals surface area (Å²) in [5.41, 5.74) is 7.10. The molecule has 0 bridgehead atoms. The van der Waals surface area contributed by atoms with Crippen LogP contribution in [-0.4, -0.2) is 12.0 Å². The zero-order valence-electron chi connectivity index (χ0n) is 16.4. The van der Waals surface area contributed by atoms with E-state index in [1.165, 1.54) is 16.7 Å². The summed E-state index contributed by atoms with van der Waals surface area (Å²) in [4.78, 5) is 12.5. The summed E-state index contributed by atoms with van der Waals surface area (Å²) in [5.74, 6) is 0.624. The predicted octanol–water partition coefficient (Wildman–Crippen LogP) is 4.87. The first-order valence-electron chi connectivity index (χ1n) is 8.80. The van der Waals surface area contributed by atoms with Crippen LogP contribution in [0.25, 0.3) is 0 Å². The standard InChI is InChI=1S/C22H29NO2/c1-13-8-14(2)10-20(9-13)25-19(7)22(24)23-18(6)21-12-16(4)15(3)11-17(21)5/h8-12,18-19H,1-7H3,(H,23,24)/t18-,19+/m1/s1. The number of rotatable bonds is 5. The van der Waals surface area contributed by atoms with Crippen molar-refractivity contribution >= 4 is 5.91 Å². The molecule has 0 spiro atoms. The van der Waals surface area contributed by atoms with E-state index in [-0.39, 0.29) is 11.9 Å². The van der Waals surface area contributed by atoms with Gasteiger partial charge in [0.1, 0.15) is 5.75 Å². The van der Waals surface area contributed by atoms with Crippen molar-refractivity contribution in [3.05, 3.63) is 63.7 Å². The first-order valence-corrected chi connectivity index (χ1v) is 8.80. The van der Waals surface area contributed by atoms with Crippen LogP contribution >= 0.6 is 0 Å². The molecule has 0 heterocycles. The van der Waals surface area contributed by atoms with Crippen molar-refractivity contribution < 1.29 is 9.53 Å². The molecule has 3 nitrogen and oxygen atoms in total. The second kappa shape index (κ2) is 7.73. The maximum absolute atomic E-state index is 12.5. The fraction of sp³-hybridized carbons (Fsp3) is 0.409. The molecule has 2 atom stereocenters. The van der Waals surface area contributed by atoms with Gasteiger partial charge in [0.25, 0.3) is 5.91 Å². The lowest BCUT2D eigenvalue weighted by Crippen LogP contribution is -2.38. The molecule has 0 saturated carbocycles. The van der Waals surface area contributed by atoms with E-state index in [0.29, 0.717) is 0 Å². The Balaban J connectivity index is 2.06. The number of benzene rings is 2. The van der Waals surface area contributed by atoms with Gasteiger partial charge in [0.05, 0.1) is 6.04 Å². The van der Waals surface area contributed by atoms with Gasteiger partial charge in [-0.1, -0.05) is 18.2 Å². The molecule has 2 aromatic rings. The molecule has 1 N–H and O–H groups in total. The summed E-state index contributed by atoms with van der Waals surface area (Å²) in [5, 5.41) is 3.07. The van der Waals surface area contributed by atoms with Gasteiger partial charge in [-0.15, -0.1) is 0 Å². The van der Waals surface area contributed by atoms with Crippen LogP contribution in [0.2, 0.25) is 0 Å². The Kier molecular flexibility index (Phi) is 5.89. The summed E-state index contributed by atoms with van der Waals surface area (Å²) in [6, 6.07) is 10.3. The number of hydrogen-bond acceptors (Lipinski definition) is 2. The van der Waals surface area contributed by atoms with Crippen LogP contribution in [0.15, 0.2) is 30.3 Å². The van der Waals surface area contributed by atoms with Crippen LogP contribution in [0, 0.1) is 34.6 Å². The molecule has 2 rings (SSSR count). The minimum Gasteiger partial charge on any atom is -0.481 e. The lowest BCUT2D eigenvalue weighted by atomic mass is 9.96. The molecule has 0 aromatic heterocycles. The Bertz CT molecular complexity index is 760. The molecule has 2 aromatic carbocycles. The second-order valence-corrected chi connectivity index (χ2v) is 7.11. The SMILES string of the molecule is Cc1cc(C)cc(O[C@@H](C)C(=O)N[C@H](C)c2cc(C)c(C)cc2C)c1. The highest BCUT2D eigenvalue weighted by Crippen LogP contribution is 2.22. The normalized spacial score (nSPS) is 13.2. The summed E-state index contributed by atoms with van der Waals surface area (Å²) < 4.78 is 5.84. The number of hydrogen-bond donors (Lipinski definition) is 1. The van der Waals surface area contributed by atoms with Crippen LogP contribution in [0.5, 0.6) is 5.75 Å².